The summed E-state index contributed by atoms with van der Waals surface area (Å²) in [5.41, 5.74) is -0.641. The number of allylic oxidation sites excluding steroid dienone is 2. The molecule has 1 aliphatic carbocycles. The number of amides is 1. The maximum atomic E-state index is 14.4. The Balaban J connectivity index is 2.27. The molecule has 0 fully saturated rings. The highest BCUT2D eigenvalue weighted by Gasteiger charge is 2.38. The second kappa shape index (κ2) is 8.19. The number of hydrogen-bond donors (Lipinski definition) is 1. The number of ether oxygens (including phenoxy) is 1. The molecule has 0 radical (unpaired) electrons. The minimum atomic E-state index is -3.81. The van der Waals surface area contributed by atoms with E-state index in [9.17, 15) is 17.6 Å². The van der Waals surface area contributed by atoms with Crippen molar-refractivity contribution in [1.82, 2.24) is 4.72 Å². The Kier molecular flexibility index (Phi) is 6.58. The molecule has 1 N–H and O–H groups in total. The summed E-state index contributed by atoms with van der Waals surface area (Å²) in [7, 11) is -3.81. The molecule has 1 aromatic rings. The van der Waals surface area contributed by atoms with E-state index in [1.165, 1.54) is 0 Å². The average Bonchev–Trinajstić information content (AvgIpc) is 3.08. The van der Waals surface area contributed by atoms with Gasteiger partial charge in [0.15, 0.2) is 0 Å². The normalized spacial score (nSPS) is 18.4. The third-order valence-electron chi connectivity index (χ3n) is 4.98. The van der Waals surface area contributed by atoms with Gasteiger partial charge in [0.25, 0.3) is 5.91 Å². The van der Waals surface area contributed by atoms with E-state index in [2.05, 4.69) is 26.0 Å². The van der Waals surface area contributed by atoms with Crippen LogP contribution in [0.2, 0.25) is 5.02 Å². The van der Waals surface area contributed by atoms with Crippen LogP contribution in [0.25, 0.3) is 0 Å². The highest BCUT2D eigenvalue weighted by Crippen LogP contribution is 2.42. The molecule has 1 amide bonds. The van der Waals surface area contributed by atoms with Crippen molar-refractivity contribution in [3.8, 4) is 5.75 Å². The molecule has 2 atom stereocenters. The zero-order valence-electron chi connectivity index (χ0n) is 15.9. The summed E-state index contributed by atoms with van der Waals surface area (Å²) in [6.07, 6.45) is 7.72. The van der Waals surface area contributed by atoms with Crippen LogP contribution in [0.4, 0.5) is 4.39 Å². The Morgan fingerprint density at radius 2 is 2.11 bits per heavy atom. The van der Waals surface area contributed by atoms with Crippen LogP contribution in [0.5, 0.6) is 5.75 Å². The molecule has 2 unspecified atom stereocenters. The molecule has 0 aliphatic heterocycles. The van der Waals surface area contributed by atoms with Gasteiger partial charge in [0, 0.05) is 11.5 Å². The molecule has 0 aromatic heterocycles. The van der Waals surface area contributed by atoms with Crippen molar-refractivity contribution in [2.24, 2.45) is 11.3 Å². The molecule has 0 heterocycles. The SMILES string of the molecule is CCC(Oc1cc(F)c(C(=O)NS(C)(=O)=O)cc1Cl)C(C)(C)C1C=CCC1. The Morgan fingerprint density at radius 1 is 1.44 bits per heavy atom. The van der Waals surface area contributed by atoms with Gasteiger partial charge >= 0.3 is 0 Å². The number of rotatable bonds is 7. The average molecular weight is 418 g/mol. The Labute approximate surface area is 165 Å². The Bertz CT molecular complexity index is 852. The lowest BCUT2D eigenvalue weighted by molar-refractivity contribution is 0.0378. The van der Waals surface area contributed by atoms with E-state index >= 15 is 0 Å². The number of sulfonamides is 1. The van der Waals surface area contributed by atoms with Crippen LogP contribution in [0.3, 0.4) is 0 Å². The van der Waals surface area contributed by atoms with Gasteiger partial charge in [0.05, 0.1) is 16.8 Å². The largest absolute Gasteiger partial charge is 0.488 e. The first-order chi connectivity index (χ1) is 12.5. The fraction of sp³-hybridized carbons (Fsp3) is 0.526. The highest BCUT2D eigenvalue weighted by molar-refractivity contribution is 7.89. The lowest BCUT2D eigenvalue weighted by atomic mass is 9.73. The van der Waals surface area contributed by atoms with Gasteiger partial charge in [-0.15, -0.1) is 0 Å². The number of carbonyl (C=O) groups excluding carboxylic acids is 1. The molecular weight excluding hydrogens is 393 g/mol. The molecule has 0 saturated heterocycles. The fourth-order valence-corrected chi connectivity index (χ4v) is 4.08. The van der Waals surface area contributed by atoms with E-state index in [0.717, 1.165) is 31.2 Å². The van der Waals surface area contributed by atoms with Crippen LogP contribution in [-0.4, -0.2) is 26.7 Å². The first kappa shape index (κ1) is 21.7. The maximum absolute atomic E-state index is 14.4. The van der Waals surface area contributed by atoms with Gasteiger partial charge in [-0.3, -0.25) is 4.79 Å². The maximum Gasteiger partial charge on any atom is 0.267 e. The molecule has 1 aromatic carbocycles. The van der Waals surface area contributed by atoms with Gasteiger partial charge in [0.1, 0.15) is 17.7 Å². The molecule has 0 saturated carbocycles. The summed E-state index contributed by atoms with van der Waals surface area (Å²) in [5, 5.41) is 0.0475. The molecule has 0 bridgehead atoms. The van der Waals surface area contributed by atoms with Crippen molar-refractivity contribution in [2.45, 2.75) is 46.1 Å². The van der Waals surface area contributed by atoms with Crippen LogP contribution in [0.1, 0.15) is 50.4 Å². The van der Waals surface area contributed by atoms with Crippen LogP contribution < -0.4 is 9.46 Å². The number of carbonyl (C=O) groups is 1. The smallest absolute Gasteiger partial charge is 0.267 e. The zero-order chi connectivity index (χ0) is 20.4. The fourth-order valence-electron chi connectivity index (χ4n) is 3.42. The van der Waals surface area contributed by atoms with E-state index in [4.69, 9.17) is 16.3 Å². The molecule has 8 heteroatoms. The third-order valence-corrected chi connectivity index (χ3v) is 5.83. The molecule has 1 aliphatic rings. The van der Waals surface area contributed by atoms with Crippen molar-refractivity contribution < 1.29 is 22.3 Å². The molecule has 150 valence electrons. The minimum absolute atomic E-state index is 0.0475. The first-order valence-electron chi connectivity index (χ1n) is 8.80. The van der Waals surface area contributed by atoms with E-state index in [0.29, 0.717) is 12.3 Å². The van der Waals surface area contributed by atoms with Crippen molar-refractivity contribution in [3.05, 3.63) is 40.7 Å². The lowest BCUT2D eigenvalue weighted by Gasteiger charge is -2.38. The summed E-state index contributed by atoms with van der Waals surface area (Å²) in [5.74, 6) is -1.49. The Hall–Kier alpha value is -1.60. The summed E-state index contributed by atoms with van der Waals surface area (Å²) in [6, 6.07) is 2.12. The highest BCUT2D eigenvalue weighted by atomic mass is 35.5. The summed E-state index contributed by atoms with van der Waals surface area (Å²) in [6.45, 7) is 6.21. The summed E-state index contributed by atoms with van der Waals surface area (Å²) < 4.78 is 44.5. The van der Waals surface area contributed by atoms with E-state index in [1.54, 1.807) is 4.72 Å². The number of nitrogens with one attached hydrogen (secondary N) is 1. The first-order valence-corrected chi connectivity index (χ1v) is 11.1. The number of hydrogen-bond acceptors (Lipinski definition) is 4. The lowest BCUT2D eigenvalue weighted by Crippen LogP contribution is -2.39. The Morgan fingerprint density at radius 3 is 2.63 bits per heavy atom. The molecule has 2 rings (SSSR count). The number of benzene rings is 1. The van der Waals surface area contributed by atoms with Gasteiger partial charge in [-0.05, 0) is 31.2 Å². The van der Waals surface area contributed by atoms with Crippen molar-refractivity contribution in [2.75, 3.05) is 6.26 Å². The van der Waals surface area contributed by atoms with Crippen LogP contribution in [0.15, 0.2) is 24.3 Å². The van der Waals surface area contributed by atoms with E-state index < -0.39 is 27.3 Å². The second-order valence-electron chi connectivity index (χ2n) is 7.41. The van der Waals surface area contributed by atoms with Gasteiger partial charge in [-0.25, -0.2) is 17.5 Å². The van der Waals surface area contributed by atoms with Crippen LogP contribution in [0, 0.1) is 17.2 Å². The minimum Gasteiger partial charge on any atom is -0.488 e. The molecule has 5 nitrogen and oxygen atoms in total. The summed E-state index contributed by atoms with van der Waals surface area (Å²) in [4.78, 5) is 11.9. The second-order valence-corrected chi connectivity index (χ2v) is 9.57. The van der Waals surface area contributed by atoms with Crippen LogP contribution in [-0.2, 0) is 10.0 Å². The van der Waals surface area contributed by atoms with Gasteiger partial charge < -0.3 is 4.74 Å². The van der Waals surface area contributed by atoms with Gasteiger partial charge in [0.2, 0.25) is 10.0 Å². The zero-order valence-corrected chi connectivity index (χ0v) is 17.5. The van der Waals surface area contributed by atoms with Gasteiger partial charge in [-0.1, -0.05) is 44.5 Å². The standard InChI is InChI=1S/C19H25ClFNO4S/c1-5-17(19(2,3)12-8-6-7-9-12)26-16-11-15(21)13(10-14(16)20)18(23)22-27(4,24)25/h6,8,10-12,17H,5,7,9H2,1-4H3,(H,22,23). The number of halogens is 2. The summed E-state index contributed by atoms with van der Waals surface area (Å²) >= 11 is 6.19. The topological polar surface area (TPSA) is 72.5 Å². The quantitative estimate of drug-likeness (QED) is 0.670. The van der Waals surface area contributed by atoms with E-state index in [1.807, 2.05) is 6.92 Å². The molecule has 0 spiro atoms. The molecule has 27 heavy (non-hydrogen) atoms. The van der Waals surface area contributed by atoms with Crippen molar-refractivity contribution in [1.29, 1.82) is 0 Å². The van der Waals surface area contributed by atoms with Crippen molar-refractivity contribution >= 4 is 27.5 Å². The van der Waals surface area contributed by atoms with Crippen molar-refractivity contribution in [3.63, 3.8) is 0 Å². The third kappa shape index (κ3) is 5.23. The predicted molar refractivity (Wildman–Crippen MR) is 104 cm³/mol. The van der Waals surface area contributed by atoms with E-state index in [-0.39, 0.29) is 22.3 Å². The predicted octanol–water partition coefficient (Wildman–Crippen LogP) is 4.32. The molecular formula is C19H25ClFNO4S. The van der Waals surface area contributed by atoms with Crippen LogP contribution >= 0.6 is 11.6 Å². The van der Waals surface area contributed by atoms with Gasteiger partial charge in [-0.2, -0.15) is 0 Å². The monoisotopic (exact) mass is 417 g/mol.